The molecule has 152 valence electrons. The molecular weight excluding hydrogens is 389 g/mol. The van der Waals surface area contributed by atoms with Crippen LogP contribution in [-0.4, -0.2) is 24.4 Å². The van der Waals surface area contributed by atoms with Gasteiger partial charge in [0.05, 0.1) is 12.2 Å². The average Bonchev–Trinajstić information content (AvgIpc) is 2.67. The van der Waals surface area contributed by atoms with Crippen molar-refractivity contribution in [2.45, 2.75) is 13.1 Å². The van der Waals surface area contributed by atoms with Crippen LogP contribution in [0, 0.1) is 0 Å². The minimum Gasteiger partial charge on any atom is -0.463 e. The van der Waals surface area contributed by atoms with Crippen LogP contribution in [0.3, 0.4) is 0 Å². The van der Waals surface area contributed by atoms with E-state index in [1.807, 2.05) is 0 Å². The Morgan fingerprint density at radius 3 is 2.28 bits per heavy atom. The summed E-state index contributed by atoms with van der Waals surface area (Å²) in [6.07, 6.45) is -2.52. The lowest BCUT2D eigenvalue weighted by molar-refractivity contribution is -0.138. The number of hydrogen-bond acceptors (Lipinski definition) is 4. The summed E-state index contributed by atoms with van der Waals surface area (Å²) < 4.78 is 42.9. The number of alkyl halides is 3. The number of nitrogens with one attached hydrogen (secondary N) is 2. The van der Waals surface area contributed by atoms with Gasteiger partial charge in [-0.1, -0.05) is 6.07 Å². The molecule has 0 bridgehead atoms. The van der Waals surface area contributed by atoms with Gasteiger partial charge in [0.1, 0.15) is 0 Å². The van der Waals surface area contributed by atoms with E-state index in [9.17, 15) is 27.6 Å². The molecule has 0 atom stereocenters. The maximum Gasteiger partial charge on any atom is 0.416 e. The van der Waals surface area contributed by atoms with Crippen molar-refractivity contribution in [2.24, 2.45) is 0 Å². The summed E-state index contributed by atoms with van der Waals surface area (Å²) in [5.41, 5.74) is -0.322. The number of amides is 2. The van der Waals surface area contributed by atoms with Crippen LogP contribution < -0.4 is 10.6 Å². The summed E-state index contributed by atoms with van der Waals surface area (Å²) in [6, 6.07) is 9.96. The second-order valence-electron chi connectivity index (χ2n) is 5.68. The first-order chi connectivity index (χ1) is 13.7. The molecule has 0 saturated heterocycles. The quantitative estimate of drug-likeness (QED) is 0.561. The van der Waals surface area contributed by atoms with Gasteiger partial charge in [0, 0.05) is 29.1 Å². The summed E-state index contributed by atoms with van der Waals surface area (Å²) in [6.45, 7) is 1.82. The maximum absolute atomic E-state index is 12.7. The van der Waals surface area contributed by atoms with Crippen molar-refractivity contribution in [2.75, 3.05) is 17.2 Å². The van der Waals surface area contributed by atoms with Crippen LogP contribution in [0.2, 0.25) is 0 Å². The summed E-state index contributed by atoms with van der Waals surface area (Å²) in [5.74, 6) is -1.83. The first-order valence-corrected chi connectivity index (χ1v) is 8.43. The van der Waals surface area contributed by atoms with Gasteiger partial charge in [0.2, 0.25) is 5.91 Å². The second kappa shape index (κ2) is 9.54. The molecule has 2 N–H and O–H groups in total. The summed E-state index contributed by atoms with van der Waals surface area (Å²) >= 11 is 0. The van der Waals surface area contributed by atoms with E-state index >= 15 is 0 Å². The largest absolute Gasteiger partial charge is 0.463 e. The molecule has 9 heteroatoms. The van der Waals surface area contributed by atoms with Gasteiger partial charge in [-0.25, -0.2) is 4.79 Å². The summed E-state index contributed by atoms with van der Waals surface area (Å²) in [7, 11) is 0. The number of carbonyl (C=O) groups is 3. The van der Waals surface area contributed by atoms with Gasteiger partial charge in [-0.15, -0.1) is 0 Å². The predicted molar refractivity (Wildman–Crippen MR) is 100 cm³/mol. The zero-order valence-electron chi connectivity index (χ0n) is 15.2. The number of halogens is 3. The Morgan fingerprint density at radius 2 is 1.66 bits per heavy atom. The van der Waals surface area contributed by atoms with Crippen LogP contribution in [-0.2, 0) is 20.5 Å². The highest BCUT2D eigenvalue weighted by atomic mass is 19.4. The van der Waals surface area contributed by atoms with Crippen molar-refractivity contribution in [1.29, 1.82) is 0 Å². The van der Waals surface area contributed by atoms with Gasteiger partial charge in [0.15, 0.2) is 0 Å². The van der Waals surface area contributed by atoms with Crippen LogP contribution in [0.4, 0.5) is 24.5 Å². The van der Waals surface area contributed by atoms with Crippen LogP contribution >= 0.6 is 0 Å². The Labute approximate surface area is 164 Å². The number of carbonyl (C=O) groups excluding carboxylic acids is 3. The third-order valence-corrected chi connectivity index (χ3v) is 3.52. The molecule has 0 spiro atoms. The fourth-order valence-corrected chi connectivity index (χ4v) is 2.20. The molecule has 0 aromatic heterocycles. The smallest absolute Gasteiger partial charge is 0.416 e. The van der Waals surface area contributed by atoms with E-state index in [0.717, 1.165) is 24.3 Å². The molecular formula is C20H17F3N2O4. The highest BCUT2D eigenvalue weighted by Gasteiger charge is 2.30. The SMILES string of the molecule is CCOC(=O)/C=C/C(=O)Nc1ccc(C(=O)Nc2cccc(C(F)(F)F)c2)cc1. The van der Waals surface area contributed by atoms with Crippen molar-refractivity contribution in [1.82, 2.24) is 0 Å². The van der Waals surface area contributed by atoms with Crippen LogP contribution in [0.25, 0.3) is 0 Å². The molecule has 2 aromatic carbocycles. The third kappa shape index (κ3) is 6.80. The molecule has 6 nitrogen and oxygen atoms in total. The van der Waals surface area contributed by atoms with Crippen LogP contribution in [0.5, 0.6) is 0 Å². The first kappa shape index (κ1) is 21.7. The molecule has 0 unspecified atom stereocenters. The normalized spacial score (nSPS) is 11.2. The van der Waals surface area contributed by atoms with E-state index in [2.05, 4.69) is 15.4 Å². The highest BCUT2D eigenvalue weighted by Crippen LogP contribution is 2.30. The summed E-state index contributed by atoms with van der Waals surface area (Å²) in [5, 5.41) is 4.88. The Balaban J connectivity index is 1.98. The van der Waals surface area contributed by atoms with Crippen molar-refractivity contribution < 1.29 is 32.3 Å². The van der Waals surface area contributed by atoms with Gasteiger partial charge >= 0.3 is 12.1 Å². The van der Waals surface area contributed by atoms with Gasteiger partial charge in [-0.05, 0) is 49.4 Å². The number of ether oxygens (including phenoxy) is 1. The molecule has 0 fully saturated rings. The second-order valence-corrected chi connectivity index (χ2v) is 5.68. The molecule has 2 aromatic rings. The fraction of sp³-hybridized carbons (Fsp3) is 0.150. The Bertz CT molecular complexity index is 922. The summed E-state index contributed by atoms with van der Waals surface area (Å²) in [4.78, 5) is 35.1. The van der Waals surface area contributed by atoms with Gasteiger partial charge < -0.3 is 15.4 Å². The first-order valence-electron chi connectivity index (χ1n) is 8.43. The maximum atomic E-state index is 12.7. The van der Waals surface area contributed by atoms with Crippen LogP contribution in [0.15, 0.2) is 60.7 Å². The van der Waals surface area contributed by atoms with Crippen molar-refractivity contribution in [3.8, 4) is 0 Å². The number of hydrogen-bond donors (Lipinski definition) is 2. The standard InChI is InChI=1S/C20H17F3N2O4/c1-2-29-18(27)11-10-17(26)24-15-8-6-13(7-9-15)19(28)25-16-5-3-4-14(12-16)20(21,22)23/h3-12H,2H2,1H3,(H,24,26)(H,25,28)/b11-10+. The lowest BCUT2D eigenvalue weighted by Crippen LogP contribution is -2.13. The predicted octanol–water partition coefficient (Wildman–Crippen LogP) is 4.02. The lowest BCUT2D eigenvalue weighted by Gasteiger charge is -2.10. The molecule has 0 aliphatic heterocycles. The van der Waals surface area contributed by atoms with E-state index < -0.39 is 29.5 Å². The molecule has 2 rings (SSSR count). The average molecular weight is 406 g/mol. The van der Waals surface area contributed by atoms with Crippen molar-refractivity contribution in [3.63, 3.8) is 0 Å². The molecule has 0 aliphatic carbocycles. The van der Waals surface area contributed by atoms with Crippen LogP contribution in [0.1, 0.15) is 22.8 Å². The minimum absolute atomic E-state index is 0.00584. The topological polar surface area (TPSA) is 84.5 Å². The van der Waals surface area contributed by atoms with E-state index in [0.29, 0.717) is 5.69 Å². The van der Waals surface area contributed by atoms with Gasteiger partial charge in [-0.3, -0.25) is 9.59 Å². The highest BCUT2D eigenvalue weighted by molar-refractivity contribution is 6.05. The van der Waals surface area contributed by atoms with E-state index in [4.69, 9.17) is 0 Å². The van der Waals surface area contributed by atoms with Gasteiger partial charge in [-0.2, -0.15) is 13.2 Å². The molecule has 0 radical (unpaired) electrons. The molecule has 29 heavy (non-hydrogen) atoms. The molecule has 0 saturated carbocycles. The number of rotatable bonds is 6. The third-order valence-electron chi connectivity index (χ3n) is 3.52. The fourth-order valence-electron chi connectivity index (χ4n) is 2.20. The van der Waals surface area contributed by atoms with Crippen molar-refractivity contribution in [3.05, 3.63) is 71.8 Å². The zero-order valence-corrected chi connectivity index (χ0v) is 15.2. The number of benzene rings is 2. The monoisotopic (exact) mass is 406 g/mol. The number of esters is 1. The Hall–Kier alpha value is -3.62. The van der Waals surface area contributed by atoms with E-state index in [-0.39, 0.29) is 17.9 Å². The molecule has 0 heterocycles. The van der Waals surface area contributed by atoms with Crippen molar-refractivity contribution >= 4 is 29.2 Å². The Kier molecular flexibility index (Phi) is 7.13. The van der Waals surface area contributed by atoms with E-state index in [1.165, 1.54) is 36.4 Å². The number of anilines is 2. The zero-order chi connectivity index (χ0) is 21.4. The molecule has 2 amide bonds. The Morgan fingerprint density at radius 1 is 0.966 bits per heavy atom. The van der Waals surface area contributed by atoms with Gasteiger partial charge in [0.25, 0.3) is 5.91 Å². The van der Waals surface area contributed by atoms with E-state index in [1.54, 1.807) is 6.92 Å². The lowest BCUT2D eigenvalue weighted by atomic mass is 10.1. The molecule has 0 aliphatic rings. The minimum atomic E-state index is -4.51.